The van der Waals surface area contributed by atoms with Crippen molar-refractivity contribution in [3.05, 3.63) is 52.5 Å². The molecule has 2 unspecified atom stereocenters. The van der Waals surface area contributed by atoms with E-state index >= 15 is 0 Å². The fraction of sp³-hybridized carbons (Fsp3) is 0.231. The van der Waals surface area contributed by atoms with Crippen LogP contribution in [-0.4, -0.2) is 6.04 Å². The standard InChI is InChI=1S/C13H14FNOS/c1-9(15)13(12-6-3-7-17-12)16-11-5-2-4-10(14)8-11/h2-9,13H,15H2,1H3. The van der Waals surface area contributed by atoms with Crippen LogP contribution < -0.4 is 10.5 Å². The minimum Gasteiger partial charge on any atom is -0.483 e. The molecule has 0 amide bonds. The second-order valence-electron chi connectivity index (χ2n) is 3.87. The van der Waals surface area contributed by atoms with Gasteiger partial charge in [0, 0.05) is 17.0 Å². The number of nitrogens with two attached hydrogens (primary N) is 1. The van der Waals surface area contributed by atoms with Gasteiger partial charge in [-0.15, -0.1) is 11.3 Å². The quantitative estimate of drug-likeness (QED) is 0.904. The molecule has 2 atom stereocenters. The van der Waals surface area contributed by atoms with Crippen molar-refractivity contribution in [2.24, 2.45) is 5.73 Å². The van der Waals surface area contributed by atoms with E-state index in [-0.39, 0.29) is 18.0 Å². The highest BCUT2D eigenvalue weighted by Gasteiger charge is 2.19. The Morgan fingerprint density at radius 2 is 2.12 bits per heavy atom. The number of halogens is 1. The van der Waals surface area contributed by atoms with E-state index in [9.17, 15) is 4.39 Å². The second-order valence-corrected chi connectivity index (χ2v) is 4.85. The molecule has 17 heavy (non-hydrogen) atoms. The average Bonchev–Trinajstić information content (AvgIpc) is 2.78. The summed E-state index contributed by atoms with van der Waals surface area (Å²) in [5.74, 6) is 0.192. The molecular formula is C13H14FNOS. The van der Waals surface area contributed by atoms with Crippen molar-refractivity contribution in [1.29, 1.82) is 0 Å². The molecule has 1 aromatic heterocycles. The zero-order chi connectivity index (χ0) is 12.3. The Labute approximate surface area is 104 Å². The maximum atomic E-state index is 13.1. The lowest BCUT2D eigenvalue weighted by Crippen LogP contribution is -2.28. The SMILES string of the molecule is CC(N)C(Oc1cccc(F)c1)c1cccs1. The maximum Gasteiger partial charge on any atom is 0.148 e. The predicted molar refractivity (Wildman–Crippen MR) is 67.7 cm³/mol. The van der Waals surface area contributed by atoms with Crippen molar-refractivity contribution in [3.63, 3.8) is 0 Å². The van der Waals surface area contributed by atoms with Crippen molar-refractivity contribution in [3.8, 4) is 5.75 Å². The zero-order valence-corrected chi connectivity index (χ0v) is 10.3. The summed E-state index contributed by atoms with van der Waals surface area (Å²) in [5, 5.41) is 1.97. The van der Waals surface area contributed by atoms with Gasteiger partial charge in [-0.05, 0) is 30.5 Å². The molecule has 1 heterocycles. The summed E-state index contributed by atoms with van der Waals surface area (Å²) in [7, 11) is 0. The lowest BCUT2D eigenvalue weighted by atomic mass is 10.1. The maximum absolute atomic E-state index is 13.1. The molecule has 0 bridgehead atoms. The summed E-state index contributed by atoms with van der Waals surface area (Å²) in [6, 6.07) is 9.87. The van der Waals surface area contributed by atoms with Gasteiger partial charge in [-0.1, -0.05) is 12.1 Å². The van der Waals surface area contributed by atoms with Crippen molar-refractivity contribution in [1.82, 2.24) is 0 Å². The van der Waals surface area contributed by atoms with Gasteiger partial charge in [0.1, 0.15) is 17.7 Å². The molecule has 0 saturated carbocycles. The molecule has 4 heteroatoms. The van der Waals surface area contributed by atoms with Crippen LogP contribution in [0.25, 0.3) is 0 Å². The number of hydrogen-bond acceptors (Lipinski definition) is 3. The van der Waals surface area contributed by atoms with Crippen LogP contribution in [0.4, 0.5) is 4.39 Å². The Balaban J connectivity index is 2.19. The smallest absolute Gasteiger partial charge is 0.148 e. The lowest BCUT2D eigenvalue weighted by Gasteiger charge is -2.21. The Hall–Kier alpha value is -1.39. The molecule has 0 aliphatic heterocycles. The molecule has 1 aromatic carbocycles. The van der Waals surface area contributed by atoms with E-state index in [1.165, 1.54) is 12.1 Å². The molecule has 2 aromatic rings. The van der Waals surface area contributed by atoms with E-state index < -0.39 is 0 Å². The van der Waals surface area contributed by atoms with Crippen LogP contribution in [0, 0.1) is 5.82 Å². The third kappa shape index (κ3) is 3.05. The van der Waals surface area contributed by atoms with Crippen LogP contribution in [0.2, 0.25) is 0 Å². The van der Waals surface area contributed by atoms with E-state index in [4.69, 9.17) is 10.5 Å². The van der Waals surface area contributed by atoms with Gasteiger partial charge < -0.3 is 10.5 Å². The van der Waals surface area contributed by atoms with Crippen LogP contribution in [-0.2, 0) is 0 Å². The highest BCUT2D eigenvalue weighted by atomic mass is 32.1. The minimum atomic E-state index is -0.308. The summed E-state index contributed by atoms with van der Waals surface area (Å²) in [6.45, 7) is 1.88. The summed E-state index contributed by atoms with van der Waals surface area (Å²) in [4.78, 5) is 1.05. The number of ether oxygens (including phenoxy) is 1. The van der Waals surface area contributed by atoms with Gasteiger partial charge in [-0.3, -0.25) is 0 Å². The topological polar surface area (TPSA) is 35.2 Å². The van der Waals surface area contributed by atoms with E-state index in [0.29, 0.717) is 5.75 Å². The zero-order valence-electron chi connectivity index (χ0n) is 9.47. The summed E-state index contributed by atoms with van der Waals surface area (Å²) >= 11 is 1.58. The molecule has 90 valence electrons. The Morgan fingerprint density at radius 3 is 2.71 bits per heavy atom. The molecule has 0 radical (unpaired) electrons. The highest BCUT2D eigenvalue weighted by molar-refractivity contribution is 7.10. The van der Waals surface area contributed by atoms with Gasteiger partial charge in [0.05, 0.1) is 0 Å². The van der Waals surface area contributed by atoms with Crippen LogP contribution in [0.5, 0.6) is 5.75 Å². The van der Waals surface area contributed by atoms with Crippen molar-refractivity contribution in [2.75, 3.05) is 0 Å². The van der Waals surface area contributed by atoms with E-state index in [1.54, 1.807) is 23.5 Å². The number of hydrogen-bond donors (Lipinski definition) is 1. The van der Waals surface area contributed by atoms with E-state index in [2.05, 4.69) is 0 Å². The van der Waals surface area contributed by atoms with Crippen molar-refractivity contribution in [2.45, 2.75) is 19.1 Å². The summed E-state index contributed by atoms with van der Waals surface area (Å²) in [5.41, 5.74) is 5.90. The third-order valence-corrected chi connectivity index (χ3v) is 3.29. The Bertz CT molecular complexity index is 470. The summed E-state index contributed by atoms with van der Waals surface area (Å²) < 4.78 is 18.8. The first-order valence-electron chi connectivity index (χ1n) is 5.38. The molecule has 2 rings (SSSR count). The predicted octanol–water partition coefficient (Wildman–Crippen LogP) is 3.35. The highest BCUT2D eigenvalue weighted by Crippen LogP contribution is 2.27. The lowest BCUT2D eigenvalue weighted by molar-refractivity contribution is 0.183. The van der Waals surface area contributed by atoms with Crippen molar-refractivity contribution >= 4 is 11.3 Å². The Morgan fingerprint density at radius 1 is 1.29 bits per heavy atom. The largest absolute Gasteiger partial charge is 0.483 e. The van der Waals surface area contributed by atoms with Gasteiger partial charge in [0.25, 0.3) is 0 Å². The van der Waals surface area contributed by atoms with E-state index in [0.717, 1.165) is 4.88 Å². The summed E-state index contributed by atoms with van der Waals surface area (Å²) in [6.07, 6.45) is -0.239. The minimum absolute atomic E-state index is 0.156. The number of thiophene rings is 1. The number of benzene rings is 1. The Kier molecular flexibility index (Phi) is 3.76. The first-order valence-corrected chi connectivity index (χ1v) is 6.26. The van der Waals surface area contributed by atoms with Crippen LogP contribution in [0.1, 0.15) is 17.9 Å². The van der Waals surface area contributed by atoms with Crippen LogP contribution in [0.3, 0.4) is 0 Å². The molecule has 2 N–H and O–H groups in total. The molecule has 0 fully saturated rings. The fourth-order valence-electron chi connectivity index (χ4n) is 1.56. The van der Waals surface area contributed by atoms with Crippen LogP contribution >= 0.6 is 11.3 Å². The van der Waals surface area contributed by atoms with Crippen molar-refractivity contribution < 1.29 is 9.13 Å². The van der Waals surface area contributed by atoms with Gasteiger partial charge in [-0.25, -0.2) is 4.39 Å². The molecule has 0 saturated heterocycles. The van der Waals surface area contributed by atoms with Gasteiger partial charge in [0.15, 0.2) is 0 Å². The molecule has 0 aliphatic rings. The van der Waals surface area contributed by atoms with E-state index in [1.807, 2.05) is 24.4 Å². The first kappa shape index (κ1) is 12.1. The van der Waals surface area contributed by atoms with Gasteiger partial charge >= 0.3 is 0 Å². The van der Waals surface area contributed by atoms with Gasteiger partial charge in [-0.2, -0.15) is 0 Å². The average molecular weight is 251 g/mol. The normalized spacial score (nSPS) is 14.3. The van der Waals surface area contributed by atoms with Crippen LogP contribution in [0.15, 0.2) is 41.8 Å². The molecule has 2 nitrogen and oxygen atoms in total. The fourth-order valence-corrected chi connectivity index (χ4v) is 2.43. The second kappa shape index (κ2) is 5.29. The third-order valence-electron chi connectivity index (χ3n) is 2.36. The monoisotopic (exact) mass is 251 g/mol. The van der Waals surface area contributed by atoms with Gasteiger partial charge in [0.2, 0.25) is 0 Å². The number of rotatable bonds is 4. The first-order chi connectivity index (χ1) is 8.16. The molecular weight excluding hydrogens is 237 g/mol. The molecule has 0 spiro atoms. The molecule has 0 aliphatic carbocycles.